The number of hydrogen-bond acceptors (Lipinski definition) is 5. The van der Waals surface area contributed by atoms with Crippen molar-refractivity contribution in [2.24, 2.45) is 11.7 Å². The van der Waals surface area contributed by atoms with Gasteiger partial charge in [0.05, 0.1) is 11.2 Å². The zero-order valence-electron chi connectivity index (χ0n) is 17.6. The van der Waals surface area contributed by atoms with Gasteiger partial charge in [0.2, 0.25) is 5.91 Å². The number of aryl methyl sites for hydroxylation is 1. The van der Waals surface area contributed by atoms with Crippen LogP contribution >= 0.6 is 0 Å². The predicted molar refractivity (Wildman–Crippen MR) is 123 cm³/mol. The van der Waals surface area contributed by atoms with Crippen LogP contribution in [-0.2, 0) is 17.6 Å². The molecule has 2 fully saturated rings. The van der Waals surface area contributed by atoms with Gasteiger partial charge >= 0.3 is 0 Å². The van der Waals surface area contributed by atoms with Crippen LogP contribution in [0.25, 0.3) is 22.0 Å². The first kappa shape index (κ1) is 18.8. The van der Waals surface area contributed by atoms with E-state index in [1.165, 1.54) is 28.8 Å². The van der Waals surface area contributed by atoms with Crippen LogP contribution in [-0.4, -0.2) is 35.0 Å². The number of rotatable bonds is 4. The van der Waals surface area contributed by atoms with Crippen LogP contribution in [0.5, 0.6) is 0 Å². The second-order valence-corrected chi connectivity index (χ2v) is 9.16. The van der Waals surface area contributed by atoms with Gasteiger partial charge in [-0.05, 0) is 79.5 Å². The third-order valence-corrected chi connectivity index (χ3v) is 6.82. The minimum absolute atomic E-state index is 0.0792. The lowest BCUT2D eigenvalue weighted by Gasteiger charge is -2.24. The Kier molecular flexibility index (Phi) is 4.42. The number of anilines is 2. The van der Waals surface area contributed by atoms with Crippen molar-refractivity contribution in [3.8, 4) is 11.1 Å². The van der Waals surface area contributed by atoms with Crippen LogP contribution in [0.1, 0.15) is 36.9 Å². The molecule has 0 radical (unpaired) electrons. The molecule has 3 N–H and O–H groups in total. The smallest absolute Gasteiger partial charge is 0.228 e. The minimum atomic E-state index is 0.0792. The fourth-order valence-electron chi connectivity index (χ4n) is 5.02. The van der Waals surface area contributed by atoms with Crippen LogP contribution in [0.2, 0.25) is 0 Å². The molecule has 0 unspecified atom stereocenters. The van der Waals surface area contributed by atoms with E-state index in [-0.39, 0.29) is 17.9 Å². The number of pyridine rings is 2. The second kappa shape index (κ2) is 7.31. The van der Waals surface area contributed by atoms with Crippen LogP contribution in [0.3, 0.4) is 0 Å². The molecule has 6 nitrogen and oxygen atoms in total. The molecule has 2 aromatic heterocycles. The Morgan fingerprint density at radius 3 is 2.77 bits per heavy atom. The molecule has 0 bridgehead atoms. The van der Waals surface area contributed by atoms with Crippen molar-refractivity contribution in [2.45, 2.75) is 44.6 Å². The first-order valence-corrected chi connectivity index (χ1v) is 11.4. The molecule has 31 heavy (non-hydrogen) atoms. The van der Waals surface area contributed by atoms with Crippen molar-refractivity contribution < 1.29 is 4.79 Å². The quantitative estimate of drug-likeness (QED) is 0.682. The van der Waals surface area contributed by atoms with Gasteiger partial charge in [0.1, 0.15) is 5.82 Å². The number of amides is 1. The SMILES string of the molecule is N[C@H]1CCN(c2c3c(nc4ccc(-c5ccnc(NC(=O)C6CC6)c5)cc24)CCC3)C1. The fourth-order valence-corrected chi connectivity index (χ4v) is 5.02. The summed E-state index contributed by atoms with van der Waals surface area (Å²) in [5, 5.41) is 4.16. The number of carbonyl (C=O) groups is 1. The van der Waals surface area contributed by atoms with Gasteiger partial charge < -0.3 is 16.0 Å². The summed E-state index contributed by atoms with van der Waals surface area (Å²) in [4.78, 5) is 24.0. The van der Waals surface area contributed by atoms with Crippen molar-refractivity contribution >= 4 is 28.3 Å². The highest BCUT2D eigenvalue weighted by atomic mass is 16.2. The lowest BCUT2D eigenvalue weighted by molar-refractivity contribution is -0.117. The van der Waals surface area contributed by atoms with Crippen molar-refractivity contribution in [2.75, 3.05) is 23.3 Å². The van der Waals surface area contributed by atoms with Crippen molar-refractivity contribution in [3.63, 3.8) is 0 Å². The molecule has 158 valence electrons. The number of fused-ring (bicyclic) bond motifs is 2. The number of nitrogens with one attached hydrogen (secondary N) is 1. The largest absolute Gasteiger partial charge is 0.369 e. The second-order valence-electron chi connectivity index (χ2n) is 9.16. The Morgan fingerprint density at radius 2 is 1.97 bits per heavy atom. The summed E-state index contributed by atoms with van der Waals surface area (Å²) < 4.78 is 0. The maximum atomic E-state index is 12.1. The maximum Gasteiger partial charge on any atom is 0.228 e. The number of hydrogen-bond donors (Lipinski definition) is 2. The van der Waals surface area contributed by atoms with Gasteiger partial charge in [0.15, 0.2) is 0 Å². The number of nitrogens with two attached hydrogens (primary N) is 1. The average Bonchev–Trinajstić information content (AvgIpc) is 3.39. The third-order valence-electron chi connectivity index (χ3n) is 6.82. The molecule has 1 aromatic carbocycles. The average molecular weight is 414 g/mol. The van der Waals surface area contributed by atoms with E-state index in [0.717, 1.165) is 61.8 Å². The predicted octanol–water partition coefficient (Wildman–Crippen LogP) is 3.67. The summed E-state index contributed by atoms with van der Waals surface area (Å²) in [5.41, 5.74) is 13.5. The Bertz CT molecular complexity index is 1190. The maximum absolute atomic E-state index is 12.1. The summed E-state index contributed by atoms with van der Waals surface area (Å²) in [6.07, 6.45) is 8.10. The van der Waals surface area contributed by atoms with Gasteiger partial charge in [-0.15, -0.1) is 0 Å². The molecule has 0 spiro atoms. The summed E-state index contributed by atoms with van der Waals surface area (Å²) in [7, 11) is 0. The van der Waals surface area contributed by atoms with E-state index in [1.54, 1.807) is 6.20 Å². The highest BCUT2D eigenvalue weighted by molar-refractivity contribution is 5.98. The Balaban J connectivity index is 1.43. The number of carbonyl (C=O) groups excluding carboxylic acids is 1. The van der Waals surface area contributed by atoms with E-state index in [4.69, 9.17) is 10.7 Å². The van der Waals surface area contributed by atoms with Crippen LogP contribution in [0, 0.1) is 5.92 Å². The molecule has 3 aromatic rings. The van der Waals surface area contributed by atoms with Gasteiger partial charge in [-0.3, -0.25) is 9.78 Å². The molecule has 6 heteroatoms. The number of nitrogens with zero attached hydrogens (tertiary/aromatic N) is 3. The topological polar surface area (TPSA) is 84.1 Å². The molecule has 1 aliphatic heterocycles. The number of benzene rings is 1. The van der Waals surface area contributed by atoms with Gasteiger partial charge in [0.25, 0.3) is 0 Å². The van der Waals surface area contributed by atoms with Crippen molar-refractivity contribution in [1.29, 1.82) is 0 Å². The molecule has 1 atom stereocenters. The summed E-state index contributed by atoms with van der Waals surface area (Å²) in [6.45, 7) is 1.91. The molecular weight excluding hydrogens is 386 g/mol. The summed E-state index contributed by atoms with van der Waals surface area (Å²) in [5.74, 6) is 0.858. The summed E-state index contributed by atoms with van der Waals surface area (Å²) in [6, 6.07) is 10.7. The van der Waals surface area contributed by atoms with Gasteiger partial charge in [-0.1, -0.05) is 6.07 Å². The fraction of sp³-hybridized carbons (Fsp3) is 0.400. The monoisotopic (exact) mass is 413 g/mol. The third kappa shape index (κ3) is 3.45. The normalized spacial score (nSPS) is 20.3. The Morgan fingerprint density at radius 1 is 1.10 bits per heavy atom. The molecule has 2 aliphatic carbocycles. The standard InChI is InChI=1S/C25H27N5O/c26-18-9-11-30(14-18)24-19-2-1-3-21(19)28-22-7-6-16(12-20(22)24)17-8-10-27-23(13-17)29-25(31)15-4-5-15/h6-8,10,12-13,15,18H,1-5,9,11,14,26H2,(H,27,29,31)/t18-/m0/s1. The van der Waals surface area contributed by atoms with Crippen LogP contribution in [0.4, 0.5) is 11.5 Å². The van der Waals surface area contributed by atoms with E-state index in [9.17, 15) is 4.79 Å². The van der Waals surface area contributed by atoms with Gasteiger partial charge in [0, 0.05) is 42.3 Å². The van der Waals surface area contributed by atoms with Gasteiger partial charge in [-0.25, -0.2) is 4.98 Å². The van der Waals surface area contributed by atoms with E-state index in [1.807, 2.05) is 12.1 Å². The molecule has 1 saturated heterocycles. The van der Waals surface area contributed by atoms with Crippen LogP contribution < -0.4 is 16.0 Å². The van der Waals surface area contributed by atoms with E-state index >= 15 is 0 Å². The minimum Gasteiger partial charge on any atom is -0.369 e. The Labute approximate surface area is 181 Å². The molecule has 1 saturated carbocycles. The molecule has 1 amide bonds. The molecule has 3 heterocycles. The lowest BCUT2D eigenvalue weighted by Crippen LogP contribution is -2.27. The van der Waals surface area contributed by atoms with E-state index in [0.29, 0.717) is 5.82 Å². The van der Waals surface area contributed by atoms with Crippen molar-refractivity contribution in [1.82, 2.24) is 9.97 Å². The molecule has 3 aliphatic rings. The van der Waals surface area contributed by atoms with E-state index in [2.05, 4.69) is 33.4 Å². The first-order chi connectivity index (χ1) is 15.2. The number of aromatic nitrogens is 2. The lowest BCUT2D eigenvalue weighted by atomic mass is 10.00. The summed E-state index contributed by atoms with van der Waals surface area (Å²) >= 11 is 0. The molecular formula is C25H27N5O. The zero-order chi connectivity index (χ0) is 20.9. The Hall–Kier alpha value is -2.99. The van der Waals surface area contributed by atoms with Crippen LogP contribution in [0.15, 0.2) is 36.5 Å². The van der Waals surface area contributed by atoms with Gasteiger partial charge in [-0.2, -0.15) is 0 Å². The van der Waals surface area contributed by atoms with E-state index < -0.39 is 0 Å². The molecule has 6 rings (SSSR count). The highest BCUT2D eigenvalue weighted by Gasteiger charge is 2.30. The highest BCUT2D eigenvalue weighted by Crippen LogP contribution is 2.39. The zero-order valence-corrected chi connectivity index (χ0v) is 17.6. The van der Waals surface area contributed by atoms with Crippen molar-refractivity contribution in [3.05, 3.63) is 47.8 Å². The first-order valence-electron chi connectivity index (χ1n) is 11.4.